The summed E-state index contributed by atoms with van der Waals surface area (Å²) >= 11 is 5.90. The van der Waals surface area contributed by atoms with E-state index in [1.807, 2.05) is 39.0 Å². The first kappa shape index (κ1) is 24.6. The van der Waals surface area contributed by atoms with Gasteiger partial charge in [0.2, 0.25) is 0 Å². The maximum absolute atomic E-state index is 12.3. The Kier molecular flexibility index (Phi) is 8.02. The van der Waals surface area contributed by atoms with Crippen LogP contribution in [0.3, 0.4) is 0 Å². The fraction of sp³-hybridized carbons (Fsp3) is 0.458. The summed E-state index contributed by atoms with van der Waals surface area (Å²) in [5.74, 6) is 0.0497. The molecule has 0 aliphatic carbocycles. The number of likely N-dealkylation sites (tertiary alicyclic amines) is 1. The van der Waals surface area contributed by atoms with Gasteiger partial charge in [0.1, 0.15) is 17.1 Å². The lowest BCUT2D eigenvalue weighted by molar-refractivity contribution is -0.154. The molecule has 1 saturated heterocycles. The number of carbonyl (C=O) groups excluding carboxylic acids is 3. The molecule has 8 nitrogen and oxygen atoms in total. The first-order valence-corrected chi connectivity index (χ1v) is 11.2. The van der Waals surface area contributed by atoms with E-state index in [1.54, 1.807) is 23.1 Å². The molecule has 0 saturated carbocycles. The molecule has 1 aliphatic heterocycles. The van der Waals surface area contributed by atoms with Crippen LogP contribution in [0.1, 0.15) is 39.4 Å². The zero-order chi connectivity index (χ0) is 24.0. The number of benzene rings is 1. The Balaban J connectivity index is 1.37. The Bertz CT molecular complexity index is 972. The maximum atomic E-state index is 12.3. The highest BCUT2D eigenvalue weighted by Gasteiger charge is 2.30. The van der Waals surface area contributed by atoms with Crippen LogP contribution in [0.4, 0.5) is 4.79 Å². The molecule has 1 aliphatic rings. The Morgan fingerprint density at radius 2 is 1.76 bits per heavy atom. The first-order chi connectivity index (χ1) is 15.6. The Hall–Kier alpha value is -3.00. The second-order valence-electron chi connectivity index (χ2n) is 8.90. The Morgan fingerprint density at radius 1 is 1.09 bits per heavy atom. The van der Waals surface area contributed by atoms with Crippen LogP contribution in [0.15, 0.2) is 40.8 Å². The first-order valence-electron chi connectivity index (χ1n) is 10.9. The number of esters is 1. The van der Waals surface area contributed by atoms with Crippen molar-refractivity contribution in [2.45, 2.75) is 45.8 Å². The topological polar surface area (TPSA) is 98.1 Å². The molecule has 9 heteroatoms. The highest BCUT2D eigenvalue weighted by molar-refractivity contribution is 6.30. The third-order valence-corrected chi connectivity index (χ3v) is 5.33. The monoisotopic (exact) mass is 476 g/mol. The summed E-state index contributed by atoms with van der Waals surface area (Å²) in [6, 6.07) is 10.8. The molecule has 1 fully saturated rings. The summed E-state index contributed by atoms with van der Waals surface area (Å²) < 4.78 is 16.2. The van der Waals surface area contributed by atoms with E-state index in [4.69, 9.17) is 25.5 Å². The molecular formula is C24H29ClN2O6. The molecule has 2 aromatic rings. The second kappa shape index (κ2) is 10.7. The van der Waals surface area contributed by atoms with E-state index in [0.717, 1.165) is 5.56 Å². The van der Waals surface area contributed by atoms with Crippen molar-refractivity contribution in [3.63, 3.8) is 0 Å². The van der Waals surface area contributed by atoms with Crippen molar-refractivity contribution in [2.75, 3.05) is 19.7 Å². The van der Waals surface area contributed by atoms with Gasteiger partial charge >= 0.3 is 12.1 Å². The molecule has 2 amide bonds. The number of nitrogens with one attached hydrogen (secondary N) is 1. The van der Waals surface area contributed by atoms with Crippen molar-refractivity contribution in [1.29, 1.82) is 0 Å². The van der Waals surface area contributed by atoms with E-state index in [9.17, 15) is 14.4 Å². The summed E-state index contributed by atoms with van der Waals surface area (Å²) in [4.78, 5) is 38.1. The Morgan fingerprint density at radius 3 is 2.39 bits per heavy atom. The average molecular weight is 477 g/mol. The van der Waals surface area contributed by atoms with E-state index in [2.05, 4.69) is 5.32 Å². The summed E-state index contributed by atoms with van der Waals surface area (Å²) in [5.41, 5.74) is 0.316. The van der Waals surface area contributed by atoms with Gasteiger partial charge in [0, 0.05) is 23.7 Å². The van der Waals surface area contributed by atoms with Gasteiger partial charge in [-0.3, -0.25) is 9.59 Å². The Labute approximate surface area is 198 Å². The molecule has 0 spiro atoms. The molecule has 2 heterocycles. The fourth-order valence-electron chi connectivity index (χ4n) is 3.36. The van der Waals surface area contributed by atoms with E-state index < -0.39 is 17.5 Å². The number of rotatable bonds is 6. The second-order valence-corrected chi connectivity index (χ2v) is 9.34. The average Bonchev–Trinajstić information content (AvgIpc) is 3.24. The van der Waals surface area contributed by atoms with Gasteiger partial charge in [-0.2, -0.15) is 0 Å². The molecule has 1 aromatic heterocycles. The van der Waals surface area contributed by atoms with Gasteiger partial charge in [-0.05, 0) is 70.0 Å². The van der Waals surface area contributed by atoms with E-state index >= 15 is 0 Å². The highest BCUT2D eigenvalue weighted by atomic mass is 35.5. The number of halogens is 1. The standard InChI is InChI=1S/C24H29ClN2O6/c1-24(2,3)33-23(30)27-12-10-17(11-13-27)22(29)31-15-21(28)26-14-19-8-9-20(32-19)16-4-6-18(25)7-5-16/h4-9,17H,10-15H2,1-3H3,(H,26,28). The number of furan rings is 1. The number of piperidine rings is 1. The maximum Gasteiger partial charge on any atom is 0.410 e. The van der Waals surface area contributed by atoms with Gasteiger partial charge in [-0.1, -0.05) is 11.6 Å². The summed E-state index contributed by atoms with van der Waals surface area (Å²) in [6.45, 7) is 6.07. The number of hydrogen-bond acceptors (Lipinski definition) is 6. The molecule has 0 atom stereocenters. The third kappa shape index (κ3) is 7.53. The van der Waals surface area contributed by atoms with Crippen molar-refractivity contribution in [2.24, 2.45) is 5.92 Å². The minimum absolute atomic E-state index is 0.179. The minimum Gasteiger partial charge on any atom is -0.459 e. The van der Waals surface area contributed by atoms with Gasteiger partial charge in [0.05, 0.1) is 12.5 Å². The zero-order valence-electron chi connectivity index (χ0n) is 19.1. The van der Waals surface area contributed by atoms with Crippen molar-refractivity contribution >= 4 is 29.6 Å². The van der Waals surface area contributed by atoms with Crippen LogP contribution in [-0.2, 0) is 25.6 Å². The highest BCUT2D eigenvalue weighted by Crippen LogP contribution is 2.24. The lowest BCUT2D eigenvalue weighted by atomic mass is 9.97. The molecule has 1 aromatic carbocycles. The SMILES string of the molecule is CC(C)(C)OC(=O)N1CCC(C(=O)OCC(=O)NCc2ccc(-c3ccc(Cl)cc3)o2)CC1. The lowest BCUT2D eigenvalue weighted by Gasteiger charge is -2.32. The minimum atomic E-state index is -0.562. The number of amides is 2. The van der Waals surface area contributed by atoms with Crippen molar-refractivity contribution in [1.82, 2.24) is 10.2 Å². The molecule has 1 N–H and O–H groups in total. The molecule has 33 heavy (non-hydrogen) atoms. The molecule has 0 unspecified atom stereocenters. The van der Waals surface area contributed by atoms with Crippen LogP contribution in [0, 0.1) is 5.92 Å². The van der Waals surface area contributed by atoms with Crippen LogP contribution in [0.25, 0.3) is 11.3 Å². The summed E-state index contributed by atoms with van der Waals surface area (Å²) in [7, 11) is 0. The normalized spacial score (nSPS) is 14.6. The van der Waals surface area contributed by atoms with E-state index in [1.165, 1.54) is 0 Å². The molecular weight excluding hydrogens is 448 g/mol. The number of ether oxygens (including phenoxy) is 2. The summed E-state index contributed by atoms with van der Waals surface area (Å²) in [5, 5.41) is 3.31. The van der Waals surface area contributed by atoms with Gasteiger partial charge in [-0.25, -0.2) is 4.79 Å². The van der Waals surface area contributed by atoms with Crippen molar-refractivity contribution < 1.29 is 28.3 Å². The van der Waals surface area contributed by atoms with E-state index in [0.29, 0.717) is 42.5 Å². The van der Waals surface area contributed by atoms with Crippen molar-refractivity contribution in [3.05, 3.63) is 47.2 Å². The summed E-state index contributed by atoms with van der Waals surface area (Å²) in [6.07, 6.45) is 0.560. The van der Waals surface area contributed by atoms with Gasteiger partial charge in [-0.15, -0.1) is 0 Å². The van der Waals surface area contributed by atoms with Crippen LogP contribution in [0.2, 0.25) is 5.02 Å². The molecule has 3 rings (SSSR count). The quantitative estimate of drug-likeness (QED) is 0.620. The predicted octanol–water partition coefficient (Wildman–Crippen LogP) is 4.41. The van der Waals surface area contributed by atoms with Gasteiger partial charge in [0.25, 0.3) is 5.91 Å². The lowest BCUT2D eigenvalue weighted by Crippen LogP contribution is -2.43. The third-order valence-electron chi connectivity index (χ3n) is 5.08. The molecule has 178 valence electrons. The van der Waals surface area contributed by atoms with Crippen LogP contribution >= 0.6 is 11.6 Å². The van der Waals surface area contributed by atoms with Gasteiger partial charge in [0.15, 0.2) is 6.61 Å². The fourth-order valence-corrected chi connectivity index (χ4v) is 3.48. The molecule has 0 radical (unpaired) electrons. The van der Waals surface area contributed by atoms with E-state index in [-0.39, 0.29) is 25.2 Å². The zero-order valence-corrected chi connectivity index (χ0v) is 19.8. The molecule has 0 bridgehead atoms. The number of carbonyl (C=O) groups is 3. The smallest absolute Gasteiger partial charge is 0.410 e. The van der Waals surface area contributed by atoms with Gasteiger partial charge < -0.3 is 24.1 Å². The number of hydrogen-bond donors (Lipinski definition) is 1. The van der Waals surface area contributed by atoms with Crippen LogP contribution in [-0.4, -0.2) is 48.2 Å². The number of nitrogens with zero attached hydrogens (tertiary/aromatic N) is 1. The predicted molar refractivity (Wildman–Crippen MR) is 122 cm³/mol. The largest absolute Gasteiger partial charge is 0.459 e. The van der Waals surface area contributed by atoms with Crippen molar-refractivity contribution in [3.8, 4) is 11.3 Å². The van der Waals surface area contributed by atoms with Crippen LogP contribution < -0.4 is 5.32 Å². The van der Waals surface area contributed by atoms with Crippen LogP contribution in [0.5, 0.6) is 0 Å².